The zero-order valence-electron chi connectivity index (χ0n) is 21.9. The molecule has 0 spiro atoms. The maximum atomic E-state index is 13.1. The third kappa shape index (κ3) is 5.04. The van der Waals surface area contributed by atoms with Gasteiger partial charge in [-0.1, -0.05) is 55.1 Å². The highest BCUT2D eigenvalue weighted by Gasteiger charge is 2.21. The second-order valence-corrected chi connectivity index (χ2v) is 11.0. The number of oxime groups is 1. The third-order valence-corrected chi connectivity index (χ3v) is 8.45. The molecule has 0 aliphatic heterocycles. The molecule has 1 aliphatic carbocycles. The largest absolute Gasteiger partial charge is 0.365 e. The van der Waals surface area contributed by atoms with Crippen LogP contribution in [-0.4, -0.2) is 22.0 Å². The number of ketones is 1. The number of aromatic nitrogens is 1. The summed E-state index contributed by atoms with van der Waals surface area (Å²) in [5.74, 6) is 0.101. The first kappa shape index (κ1) is 25.3. The molecule has 0 amide bonds. The second-order valence-electron chi connectivity index (χ2n) is 10.2. The topological polar surface area (TPSA) is 60.7 Å². The molecule has 6 heteroatoms. The number of hydrogen-bond acceptors (Lipinski definition) is 5. The fraction of sp³-hybridized carbons (Fsp3) is 0.242. The van der Waals surface area contributed by atoms with Gasteiger partial charge in [0.2, 0.25) is 0 Å². The average molecular weight is 535 g/mol. The van der Waals surface area contributed by atoms with Crippen molar-refractivity contribution in [1.82, 2.24) is 4.57 Å². The fourth-order valence-electron chi connectivity index (χ4n) is 5.75. The van der Waals surface area contributed by atoms with Gasteiger partial charge in [0.15, 0.2) is 5.78 Å². The maximum Gasteiger partial charge on any atom is 0.365 e. The van der Waals surface area contributed by atoms with E-state index in [0.29, 0.717) is 22.6 Å². The van der Waals surface area contributed by atoms with Crippen LogP contribution >= 0.6 is 11.3 Å². The first-order valence-electron chi connectivity index (χ1n) is 13.6. The van der Waals surface area contributed by atoms with Gasteiger partial charge in [-0.3, -0.25) is 4.79 Å². The van der Waals surface area contributed by atoms with Crippen molar-refractivity contribution in [3.63, 3.8) is 0 Å². The minimum atomic E-state index is -0.459. The maximum absolute atomic E-state index is 13.1. The Morgan fingerprint density at radius 2 is 1.56 bits per heavy atom. The van der Waals surface area contributed by atoms with E-state index in [9.17, 15) is 9.59 Å². The molecule has 39 heavy (non-hydrogen) atoms. The lowest BCUT2D eigenvalue weighted by Crippen LogP contribution is -2.10. The Morgan fingerprint density at radius 1 is 0.872 bits per heavy atom. The van der Waals surface area contributed by atoms with Crippen LogP contribution in [0.25, 0.3) is 21.8 Å². The highest BCUT2D eigenvalue weighted by Crippen LogP contribution is 2.33. The van der Waals surface area contributed by atoms with Crippen molar-refractivity contribution in [1.29, 1.82) is 0 Å². The average Bonchev–Trinajstić information content (AvgIpc) is 3.75. The van der Waals surface area contributed by atoms with Crippen molar-refractivity contribution < 1.29 is 14.4 Å². The Morgan fingerprint density at radius 3 is 2.23 bits per heavy atom. The summed E-state index contributed by atoms with van der Waals surface area (Å²) in [5.41, 5.74) is 5.81. The van der Waals surface area contributed by atoms with Crippen LogP contribution in [0, 0.1) is 5.92 Å². The van der Waals surface area contributed by atoms with Gasteiger partial charge >= 0.3 is 5.97 Å². The number of thiophene rings is 1. The van der Waals surface area contributed by atoms with Crippen LogP contribution in [0.15, 0.2) is 88.7 Å². The van der Waals surface area contributed by atoms with E-state index in [1.54, 1.807) is 12.1 Å². The summed E-state index contributed by atoms with van der Waals surface area (Å²) < 4.78 is 2.27. The SMILES string of the molecule is CCn1c2ccc(C(=O)c3ccsc3)cc2c2cc(/C(CC3CCCC3)=N\OC(=O)c3ccccc3)ccc21. The molecule has 0 radical (unpaired) electrons. The predicted octanol–water partition coefficient (Wildman–Crippen LogP) is 8.25. The number of fused-ring (bicyclic) bond motifs is 3. The summed E-state index contributed by atoms with van der Waals surface area (Å²) in [6, 6.07) is 23.2. The highest BCUT2D eigenvalue weighted by atomic mass is 32.1. The van der Waals surface area contributed by atoms with Crippen LogP contribution in [0.3, 0.4) is 0 Å². The molecular weight excluding hydrogens is 504 g/mol. The molecular formula is C33H30N2O3S. The molecule has 5 nitrogen and oxygen atoms in total. The molecule has 1 saturated carbocycles. The molecule has 196 valence electrons. The van der Waals surface area contributed by atoms with Crippen LogP contribution in [0.1, 0.15) is 70.9 Å². The van der Waals surface area contributed by atoms with Gasteiger partial charge in [0.05, 0.1) is 11.3 Å². The van der Waals surface area contributed by atoms with Gasteiger partial charge in [-0.25, -0.2) is 4.79 Å². The lowest BCUT2D eigenvalue weighted by molar-refractivity contribution is 0.0515. The van der Waals surface area contributed by atoms with Crippen molar-refractivity contribution in [2.75, 3.05) is 0 Å². The Labute approximate surface area is 231 Å². The van der Waals surface area contributed by atoms with E-state index in [2.05, 4.69) is 34.8 Å². The number of carbonyl (C=O) groups is 2. The van der Waals surface area contributed by atoms with Gasteiger partial charge in [-0.15, -0.1) is 0 Å². The van der Waals surface area contributed by atoms with Crippen molar-refractivity contribution in [2.24, 2.45) is 11.1 Å². The monoisotopic (exact) mass is 534 g/mol. The normalized spacial score (nSPS) is 14.3. The summed E-state index contributed by atoms with van der Waals surface area (Å²) in [6.45, 7) is 2.95. The standard InChI is InChI=1S/C33H30N2O3S/c1-2-35-30-14-12-24(19-27(30)28-20-25(13-15-31(28)35)32(36)26-16-17-39-21-26)29(18-22-8-6-7-9-22)34-38-33(37)23-10-4-3-5-11-23/h3-5,10-17,19-22H,2,6-9,18H2,1H3/b34-29-. The van der Waals surface area contributed by atoms with Crippen LogP contribution in [0.2, 0.25) is 0 Å². The van der Waals surface area contributed by atoms with Crippen LogP contribution in [0.5, 0.6) is 0 Å². The van der Waals surface area contributed by atoms with Crippen molar-refractivity contribution in [3.8, 4) is 0 Å². The Bertz CT molecular complexity index is 1680. The summed E-state index contributed by atoms with van der Waals surface area (Å²) in [5, 5.41) is 10.4. The zero-order chi connectivity index (χ0) is 26.8. The predicted molar refractivity (Wildman–Crippen MR) is 158 cm³/mol. The minimum Gasteiger partial charge on any atom is -0.341 e. The molecule has 2 aromatic heterocycles. The van der Waals surface area contributed by atoms with Crippen LogP contribution in [-0.2, 0) is 11.4 Å². The number of aryl methyl sites for hydroxylation is 1. The quantitative estimate of drug-likeness (QED) is 0.0871. The molecule has 2 heterocycles. The molecule has 0 atom stereocenters. The van der Waals surface area contributed by atoms with E-state index in [1.165, 1.54) is 24.2 Å². The second kappa shape index (κ2) is 11.0. The Balaban J connectivity index is 1.42. The van der Waals surface area contributed by atoms with E-state index in [0.717, 1.165) is 58.9 Å². The van der Waals surface area contributed by atoms with Gasteiger partial charge in [-0.05, 0) is 73.2 Å². The molecule has 3 aromatic carbocycles. The Kier molecular flexibility index (Phi) is 7.12. The first-order valence-corrected chi connectivity index (χ1v) is 14.5. The number of hydrogen-bond donors (Lipinski definition) is 0. The molecule has 1 aliphatic rings. The van der Waals surface area contributed by atoms with E-state index in [1.807, 2.05) is 53.2 Å². The minimum absolute atomic E-state index is 0.0306. The molecule has 6 rings (SSSR count). The van der Waals surface area contributed by atoms with Crippen LogP contribution < -0.4 is 0 Å². The van der Waals surface area contributed by atoms with Crippen molar-refractivity contribution in [3.05, 3.63) is 106 Å². The summed E-state index contributed by atoms with van der Waals surface area (Å²) in [7, 11) is 0. The summed E-state index contributed by atoms with van der Waals surface area (Å²) in [4.78, 5) is 31.3. The molecule has 5 aromatic rings. The molecule has 0 bridgehead atoms. The Hall–Kier alpha value is -4.03. The van der Waals surface area contributed by atoms with Gasteiger partial charge in [0.1, 0.15) is 0 Å². The van der Waals surface area contributed by atoms with E-state index in [4.69, 9.17) is 4.84 Å². The van der Waals surface area contributed by atoms with Crippen molar-refractivity contribution >= 4 is 50.6 Å². The first-order chi connectivity index (χ1) is 19.1. The third-order valence-electron chi connectivity index (χ3n) is 7.76. The molecule has 0 N–H and O–H groups in total. The smallest absolute Gasteiger partial charge is 0.341 e. The van der Waals surface area contributed by atoms with E-state index in [-0.39, 0.29) is 5.78 Å². The van der Waals surface area contributed by atoms with E-state index >= 15 is 0 Å². The highest BCUT2D eigenvalue weighted by molar-refractivity contribution is 7.08. The lowest BCUT2D eigenvalue weighted by atomic mass is 9.95. The number of nitrogens with zero attached hydrogens (tertiary/aromatic N) is 2. The number of carbonyl (C=O) groups excluding carboxylic acids is 2. The van der Waals surface area contributed by atoms with Crippen molar-refractivity contribution in [2.45, 2.75) is 45.6 Å². The summed E-state index contributed by atoms with van der Waals surface area (Å²) >= 11 is 1.53. The van der Waals surface area contributed by atoms with Crippen LogP contribution in [0.4, 0.5) is 0 Å². The van der Waals surface area contributed by atoms with Gasteiger partial charge in [0, 0.05) is 50.4 Å². The molecule has 0 unspecified atom stereocenters. The number of rotatable bonds is 8. The molecule has 1 fully saturated rings. The van der Waals surface area contributed by atoms with Gasteiger partial charge in [-0.2, -0.15) is 11.3 Å². The molecule has 0 saturated heterocycles. The fourth-order valence-corrected chi connectivity index (χ4v) is 6.38. The van der Waals surface area contributed by atoms with E-state index < -0.39 is 5.97 Å². The van der Waals surface area contributed by atoms with Gasteiger partial charge in [0.25, 0.3) is 0 Å². The summed E-state index contributed by atoms with van der Waals surface area (Å²) in [6.07, 6.45) is 5.55. The van der Waals surface area contributed by atoms with Gasteiger partial charge < -0.3 is 9.40 Å². The zero-order valence-corrected chi connectivity index (χ0v) is 22.7. The number of benzene rings is 3. The lowest BCUT2D eigenvalue weighted by Gasteiger charge is -2.12.